The van der Waals surface area contributed by atoms with Gasteiger partial charge in [0.05, 0.1) is 10.5 Å². The van der Waals surface area contributed by atoms with E-state index in [1.165, 1.54) is 16.4 Å². The predicted molar refractivity (Wildman–Crippen MR) is 86.5 cm³/mol. The van der Waals surface area contributed by atoms with Crippen LogP contribution in [-0.4, -0.2) is 47.9 Å². The summed E-state index contributed by atoms with van der Waals surface area (Å²) < 4.78 is 27.3. The lowest BCUT2D eigenvalue weighted by Gasteiger charge is -2.29. The van der Waals surface area contributed by atoms with E-state index < -0.39 is 16.0 Å². The molecule has 8 heteroatoms. The summed E-state index contributed by atoms with van der Waals surface area (Å²) in [6, 6.07) is 2.72. The molecule has 1 saturated heterocycles. The highest BCUT2D eigenvalue weighted by Crippen LogP contribution is 2.29. The summed E-state index contributed by atoms with van der Waals surface area (Å²) in [5, 5.41) is 9.44. The second-order valence-corrected chi connectivity index (χ2v) is 9.27. The topological polar surface area (TPSA) is 74.7 Å². The second kappa shape index (κ2) is 6.28. The number of nitrogens with zero attached hydrogens (tertiary/aromatic N) is 1. The molecular weight excluding hydrogens is 378 g/mol. The third-order valence-corrected chi connectivity index (χ3v) is 7.19. The molecule has 21 heavy (non-hydrogen) atoms. The van der Waals surface area contributed by atoms with Gasteiger partial charge in [-0.15, -0.1) is 0 Å². The molecule has 1 aliphatic heterocycles. The SMILES string of the molecule is Cc1c(Br)cc(S(=O)(=O)N2CCSC(C)C2)cc1C(=O)O. The molecule has 0 radical (unpaired) electrons. The molecule has 0 amide bonds. The van der Waals surface area contributed by atoms with Crippen molar-refractivity contribution in [2.75, 3.05) is 18.8 Å². The fraction of sp³-hybridized carbons (Fsp3) is 0.462. The first-order valence-electron chi connectivity index (χ1n) is 6.38. The van der Waals surface area contributed by atoms with E-state index in [1.807, 2.05) is 6.92 Å². The number of thioether (sulfide) groups is 1. The summed E-state index contributed by atoms with van der Waals surface area (Å²) in [5.74, 6) is -0.382. The number of aromatic carboxylic acids is 1. The maximum absolute atomic E-state index is 12.7. The highest BCUT2D eigenvalue weighted by atomic mass is 79.9. The minimum atomic E-state index is -3.66. The Kier molecular flexibility index (Phi) is 5.02. The van der Waals surface area contributed by atoms with Crippen LogP contribution in [0, 0.1) is 6.92 Å². The van der Waals surface area contributed by atoms with Gasteiger partial charge in [0.1, 0.15) is 0 Å². The summed E-state index contributed by atoms with van der Waals surface area (Å²) in [4.78, 5) is 11.3. The molecule has 116 valence electrons. The number of carboxylic acid groups (broad SMARTS) is 1. The van der Waals surface area contributed by atoms with Crippen molar-refractivity contribution < 1.29 is 18.3 Å². The van der Waals surface area contributed by atoms with E-state index in [-0.39, 0.29) is 15.7 Å². The lowest BCUT2D eigenvalue weighted by molar-refractivity contribution is 0.0695. The molecular formula is C13H16BrNO4S2. The third-order valence-electron chi connectivity index (χ3n) is 3.39. The second-order valence-electron chi connectivity index (χ2n) is 4.93. The minimum Gasteiger partial charge on any atom is -0.478 e. The van der Waals surface area contributed by atoms with Gasteiger partial charge in [-0.05, 0) is 24.6 Å². The average molecular weight is 394 g/mol. The van der Waals surface area contributed by atoms with Crippen LogP contribution in [0.3, 0.4) is 0 Å². The molecule has 1 fully saturated rings. The van der Waals surface area contributed by atoms with Crippen LogP contribution >= 0.6 is 27.7 Å². The van der Waals surface area contributed by atoms with Crippen LogP contribution in [0.25, 0.3) is 0 Å². The molecule has 1 aromatic rings. The van der Waals surface area contributed by atoms with Crippen molar-refractivity contribution in [3.63, 3.8) is 0 Å². The molecule has 1 unspecified atom stereocenters. The molecule has 0 aromatic heterocycles. The maximum Gasteiger partial charge on any atom is 0.336 e. The van der Waals surface area contributed by atoms with Crippen molar-refractivity contribution in [3.05, 3.63) is 27.7 Å². The Morgan fingerprint density at radius 2 is 2.14 bits per heavy atom. The van der Waals surface area contributed by atoms with E-state index in [4.69, 9.17) is 0 Å². The van der Waals surface area contributed by atoms with Crippen LogP contribution < -0.4 is 0 Å². The van der Waals surface area contributed by atoms with E-state index in [9.17, 15) is 18.3 Å². The van der Waals surface area contributed by atoms with E-state index in [0.717, 1.165) is 5.75 Å². The van der Waals surface area contributed by atoms with Gasteiger partial charge in [-0.1, -0.05) is 22.9 Å². The number of sulfonamides is 1. The monoisotopic (exact) mass is 393 g/mol. The zero-order chi connectivity index (χ0) is 15.8. The summed E-state index contributed by atoms with van der Waals surface area (Å²) in [5.41, 5.74) is 0.520. The number of halogens is 1. The highest BCUT2D eigenvalue weighted by Gasteiger charge is 2.30. The van der Waals surface area contributed by atoms with Crippen molar-refractivity contribution in [2.24, 2.45) is 0 Å². The number of benzene rings is 1. The molecule has 2 rings (SSSR count). The lowest BCUT2D eigenvalue weighted by atomic mass is 10.1. The maximum atomic E-state index is 12.7. The van der Waals surface area contributed by atoms with Crippen LogP contribution in [0.2, 0.25) is 0 Å². The van der Waals surface area contributed by atoms with E-state index in [2.05, 4.69) is 15.9 Å². The van der Waals surface area contributed by atoms with Crippen LogP contribution in [0.4, 0.5) is 0 Å². The van der Waals surface area contributed by atoms with Crippen molar-refractivity contribution in [2.45, 2.75) is 24.0 Å². The Labute approximate surface area is 136 Å². The van der Waals surface area contributed by atoms with Gasteiger partial charge in [-0.3, -0.25) is 0 Å². The van der Waals surface area contributed by atoms with Gasteiger partial charge < -0.3 is 5.11 Å². The molecule has 0 aliphatic carbocycles. The van der Waals surface area contributed by atoms with Crippen molar-refractivity contribution >= 4 is 43.7 Å². The van der Waals surface area contributed by atoms with Gasteiger partial charge >= 0.3 is 5.97 Å². The van der Waals surface area contributed by atoms with Crippen LogP contribution in [0.5, 0.6) is 0 Å². The van der Waals surface area contributed by atoms with Crippen molar-refractivity contribution in [1.29, 1.82) is 0 Å². The molecule has 1 atom stereocenters. The van der Waals surface area contributed by atoms with Crippen LogP contribution in [0.1, 0.15) is 22.8 Å². The van der Waals surface area contributed by atoms with Gasteiger partial charge in [0, 0.05) is 28.6 Å². The zero-order valence-electron chi connectivity index (χ0n) is 11.7. The molecule has 1 aliphatic rings. The van der Waals surface area contributed by atoms with Gasteiger partial charge in [-0.2, -0.15) is 16.1 Å². The molecule has 1 heterocycles. The molecule has 0 spiro atoms. The van der Waals surface area contributed by atoms with E-state index in [1.54, 1.807) is 18.7 Å². The Hall–Kier alpha value is -0.570. The largest absolute Gasteiger partial charge is 0.478 e. The van der Waals surface area contributed by atoms with Gasteiger partial charge in [0.25, 0.3) is 0 Å². The Balaban J connectivity index is 2.47. The number of hydrogen-bond acceptors (Lipinski definition) is 4. The fourth-order valence-corrected chi connectivity index (χ4v) is 5.60. The summed E-state index contributed by atoms with van der Waals surface area (Å²) in [6.07, 6.45) is 0. The smallest absolute Gasteiger partial charge is 0.336 e. The first-order valence-corrected chi connectivity index (χ1v) is 9.67. The first kappa shape index (κ1) is 16.8. The molecule has 1 aromatic carbocycles. The van der Waals surface area contributed by atoms with Gasteiger partial charge in [0.15, 0.2) is 0 Å². The summed E-state index contributed by atoms with van der Waals surface area (Å²) in [6.45, 7) is 4.52. The van der Waals surface area contributed by atoms with Crippen molar-refractivity contribution in [1.82, 2.24) is 4.31 Å². The van der Waals surface area contributed by atoms with E-state index >= 15 is 0 Å². The quantitative estimate of drug-likeness (QED) is 0.853. The third kappa shape index (κ3) is 3.44. The molecule has 0 bridgehead atoms. The average Bonchev–Trinajstić information content (AvgIpc) is 2.41. The lowest BCUT2D eigenvalue weighted by Crippen LogP contribution is -2.41. The van der Waals surface area contributed by atoms with Gasteiger partial charge in [-0.25, -0.2) is 13.2 Å². The predicted octanol–water partition coefficient (Wildman–Crippen LogP) is 2.58. The van der Waals surface area contributed by atoms with Crippen molar-refractivity contribution in [3.8, 4) is 0 Å². The minimum absolute atomic E-state index is 0.00221. The van der Waals surface area contributed by atoms with Gasteiger partial charge in [0.2, 0.25) is 10.0 Å². The number of rotatable bonds is 3. The number of carboxylic acids is 1. The highest BCUT2D eigenvalue weighted by molar-refractivity contribution is 9.10. The fourth-order valence-electron chi connectivity index (χ4n) is 2.18. The normalized spacial score (nSPS) is 20.4. The summed E-state index contributed by atoms with van der Waals surface area (Å²) in [7, 11) is -3.66. The Bertz CT molecular complexity index is 675. The zero-order valence-corrected chi connectivity index (χ0v) is 14.9. The first-order chi connectivity index (χ1) is 9.73. The molecule has 5 nitrogen and oxygen atoms in total. The van der Waals surface area contributed by atoms with E-state index in [0.29, 0.717) is 23.1 Å². The van der Waals surface area contributed by atoms with Crippen LogP contribution in [-0.2, 0) is 10.0 Å². The molecule has 0 saturated carbocycles. The standard InChI is InChI=1S/C13H16BrNO4S2/c1-8-7-15(3-4-20-8)21(18,19)10-5-11(13(16)17)9(2)12(14)6-10/h5-6,8H,3-4,7H2,1-2H3,(H,16,17). The number of carbonyl (C=O) groups is 1. The Morgan fingerprint density at radius 1 is 1.48 bits per heavy atom. The summed E-state index contributed by atoms with van der Waals surface area (Å²) >= 11 is 4.98. The van der Waals surface area contributed by atoms with Crippen LogP contribution in [0.15, 0.2) is 21.5 Å². The Morgan fingerprint density at radius 3 is 2.71 bits per heavy atom. The molecule has 1 N–H and O–H groups in total. The number of hydrogen-bond donors (Lipinski definition) is 1.